The number of halogens is 1. The van der Waals surface area contributed by atoms with Crippen LogP contribution in [0.25, 0.3) is 0 Å². The second-order valence-corrected chi connectivity index (χ2v) is 4.59. The minimum atomic E-state index is -0.0959. The van der Waals surface area contributed by atoms with Gasteiger partial charge in [0.15, 0.2) is 0 Å². The Labute approximate surface area is 113 Å². The van der Waals surface area contributed by atoms with E-state index in [2.05, 4.69) is 20.9 Å². The Balaban J connectivity index is 2.10. The van der Waals surface area contributed by atoms with Crippen molar-refractivity contribution in [2.24, 2.45) is 5.73 Å². The molecule has 0 spiro atoms. The number of nitrogens with two attached hydrogens (primary N) is 1. The Bertz CT molecular complexity index is 554. The van der Waals surface area contributed by atoms with Crippen LogP contribution in [-0.4, -0.2) is 10.8 Å². The standard InChI is InChI=1S/C13H12BrN3O/c14-10-5-3-9(4-6-10)8-18-11-2-1-7-17-12(11)13(15)16/h1-7H,8H2,(H3,15,16). The van der Waals surface area contributed by atoms with Gasteiger partial charge in [0.25, 0.3) is 0 Å². The first-order valence-corrected chi connectivity index (χ1v) is 6.13. The SMILES string of the molecule is N=C(N)c1ncccc1OCc1ccc(Br)cc1. The number of nitrogens with one attached hydrogen (secondary N) is 1. The van der Waals surface area contributed by atoms with Crippen molar-refractivity contribution < 1.29 is 4.74 Å². The van der Waals surface area contributed by atoms with Gasteiger partial charge in [-0.15, -0.1) is 0 Å². The summed E-state index contributed by atoms with van der Waals surface area (Å²) in [4.78, 5) is 4.02. The maximum Gasteiger partial charge on any atom is 0.149 e. The lowest BCUT2D eigenvalue weighted by Gasteiger charge is -2.09. The van der Waals surface area contributed by atoms with Crippen LogP contribution in [0.2, 0.25) is 0 Å². The maximum atomic E-state index is 7.42. The average Bonchev–Trinajstić information content (AvgIpc) is 2.38. The molecule has 0 amide bonds. The fourth-order valence-corrected chi connectivity index (χ4v) is 1.72. The Morgan fingerprint density at radius 2 is 2.00 bits per heavy atom. The van der Waals surface area contributed by atoms with Gasteiger partial charge in [-0.3, -0.25) is 5.41 Å². The van der Waals surface area contributed by atoms with Gasteiger partial charge < -0.3 is 10.5 Å². The number of rotatable bonds is 4. The lowest BCUT2D eigenvalue weighted by molar-refractivity contribution is 0.304. The number of aromatic nitrogens is 1. The van der Waals surface area contributed by atoms with Crippen molar-refractivity contribution >= 4 is 21.8 Å². The molecule has 1 aromatic heterocycles. The first-order valence-electron chi connectivity index (χ1n) is 5.33. The second kappa shape index (κ2) is 5.64. The molecule has 92 valence electrons. The molecule has 18 heavy (non-hydrogen) atoms. The van der Waals surface area contributed by atoms with Crippen molar-refractivity contribution in [3.63, 3.8) is 0 Å². The van der Waals surface area contributed by atoms with Gasteiger partial charge >= 0.3 is 0 Å². The largest absolute Gasteiger partial charge is 0.486 e. The van der Waals surface area contributed by atoms with Crippen molar-refractivity contribution in [1.29, 1.82) is 5.41 Å². The summed E-state index contributed by atoms with van der Waals surface area (Å²) in [5, 5.41) is 7.42. The molecule has 5 heteroatoms. The van der Waals surface area contributed by atoms with E-state index in [1.54, 1.807) is 18.3 Å². The van der Waals surface area contributed by atoms with Crippen LogP contribution in [0.3, 0.4) is 0 Å². The molecule has 0 aliphatic rings. The van der Waals surface area contributed by atoms with E-state index in [1.165, 1.54) is 0 Å². The number of ether oxygens (including phenoxy) is 1. The highest BCUT2D eigenvalue weighted by Crippen LogP contribution is 2.17. The summed E-state index contributed by atoms with van der Waals surface area (Å²) in [5.41, 5.74) is 6.85. The van der Waals surface area contributed by atoms with Crippen molar-refractivity contribution in [1.82, 2.24) is 4.98 Å². The third-order valence-corrected chi connectivity index (χ3v) is 2.86. The van der Waals surface area contributed by atoms with Crippen LogP contribution in [-0.2, 0) is 6.61 Å². The molecule has 3 N–H and O–H groups in total. The number of hydrogen-bond acceptors (Lipinski definition) is 3. The molecule has 2 rings (SSSR count). The molecule has 0 saturated heterocycles. The summed E-state index contributed by atoms with van der Waals surface area (Å²) < 4.78 is 6.65. The first kappa shape index (κ1) is 12.6. The van der Waals surface area contributed by atoms with E-state index < -0.39 is 0 Å². The van der Waals surface area contributed by atoms with E-state index in [0.717, 1.165) is 10.0 Å². The van der Waals surface area contributed by atoms with Crippen LogP contribution in [0.5, 0.6) is 5.75 Å². The summed E-state index contributed by atoms with van der Waals surface area (Å²) in [7, 11) is 0. The third-order valence-electron chi connectivity index (χ3n) is 2.33. The van der Waals surface area contributed by atoms with Gasteiger partial charge in [0, 0.05) is 10.7 Å². The number of hydrogen-bond donors (Lipinski definition) is 2. The normalized spacial score (nSPS) is 10.1. The predicted molar refractivity (Wildman–Crippen MR) is 73.7 cm³/mol. The third kappa shape index (κ3) is 3.07. The number of nitrogen functional groups attached to an aromatic ring is 1. The van der Waals surface area contributed by atoms with Crippen LogP contribution < -0.4 is 10.5 Å². The molecular formula is C13H12BrN3O. The van der Waals surface area contributed by atoms with E-state index in [1.807, 2.05) is 24.3 Å². The molecule has 0 bridgehead atoms. The van der Waals surface area contributed by atoms with Gasteiger partial charge in [0.2, 0.25) is 0 Å². The lowest BCUT2D eigenvalue weighted by Crippen LogP contribution is -2.15. The molecule has 0 radical (unpaired) electrons. The van der Waals surface area contributed by atoms with Crippen molar-refractivity contribution in [2.75, 3.05) is 0 Å². The zero-order chi connectivity index (χ0) is 13.0. The molecule has 0 fully saturated rings. The van der Waals surface area contributed by atoms with Gasteiger partial charge in [0.1, 0.15) is 23.9 Å². The first-order chi connectivity index (χ1) is 8.66. The molecule has 0 aliphatic carbocycles. The monoisotopic (exact) mass is 305 g/mol. The predicted octanol–water partition coefficient (Wildman–Crippen LogP) is 2.71. The number of amidine groups is 1. The molecule has 0 atom stereocenters. The van der Waals surface area contributed by atoms with Gasteiger partial charge in [-0.2, -0.15) is 0 Å². The van der Waals surface area contributed by atoms with E-state index in [0.29, 0.717) is 18.1 Å². The van der Waals surface area contributed by atoms with E-state index in [4.69, 9.17) is 15.9 Å². The van der Waals surface area contributed by atoms with Gasteiger partial charge in [0.05, 0.1) is 0 Å². The number of pyridine rings is 1. The topological polar surface area (TPSA) is 72.0 Å². The van der Waals surface area contributed by atoms with Gasteiger partial charge in [-0.25, -0.2) is 4.98 Å². The summed E-state index contributed by atoms with van der Waals surface area (Å²) in [6, 6.07) is 11.3. The highest BCUT2D eigenvalue weighted by Gasteiger charge is 2.07. The second-order valence-electron chi connectivity index (χ2n) is 3.68. The summed E-state index contributed by atoms with van der Waals surface area (Å²) in [6.07, 6.45) is 1.59. The van der Waals surface area contributed by atoms with Crippen LogP contribution in [0, 0.1) is 5.41 Å². The van der Waals surface area contributed by atoms with Crippen molar-refractivity contribution in [2.45, 2.75) is 6.61 Å². The maximum absolute atomic E-state index is 7.42. The van der Waals surface area contributed by atoms with E-state index in [-0.39, 0.29) is 5.84 Å². The number of nitrogens with zero attached hydrogens (tertiary/aromatic N) is 1. The average molecular weight is 306 g/mol. The van der Waals surface area contributed by atoms with Crippen LogP contribution in [0.4, 0.5) is 0 Å². The summed E-state index contributed by atoms with van der Waals surface area (Å²) in [6.45, 7) is 0.416. The van der Waals surface area contributed by atoms with Crippen molar-refractivity contribution in [3.8, 4) is 5.75 Å². The van der Waals surface area contributed by atoms with E-state index in [9.17, 15) is 0 Å². The zero-order valence-corrected chi connectivity index (χ0v) is 11.1. The molecule has 0 aliphatic heterocycles. The van der Waals surface area contributed by atoms with Gasteiger partial charge in [-0.05, 0) is 29.8 Å². The minimum absolute atomic E-state index is 0.0959. The molecule has 0 saturated carbocycles. The summed E-state index contributed by atoms with van der Waals surface area (Å²) in [5.74, 6) is 0.425. The van der Waals surface area contributed by atoms with E-state index >= 15 is 0 Å². The molecule has 1 heterocycles. The summed E-state index contributed by atoms with van der Waals surface area (Å²) >= 11 is 3.38. The Morgan fingerprint density at radius 3 is 2.67 bits per heavy atom. The highest BCUT2D eigenvalue weighted by molar-refractivity contribution is 9.10. The van der Waals surface area contributed by atoms with Crippen LogP contribution >= 0.6 is 15.9 Å². The molecule has 2 aromatic rings. The zero-order valence-electron chi connectivity index (χ0n) is 9.56. The Hall–Kier alpha value is -1.88. The minimum Gasteiger partial charge on any atom is -0.486 e. The Kier molecular flexibility index (Phi) is 3.94. The fourth-order valence-electron chi connectivity index (χ4n) is 1.45. The lowest BCUT2D eigenvalue weighted by atomic mass is 10.2. The highest BCUT2D eigenvalue weighted by atomic mass is 79.9. The van der Waals surface area contributed by atoms with Crippen LogP contribution in [0.15, 0.2) is 47.1 Å². The molecule has 4 nitrogen and oxygen atoms in total. The van der Waals surface area contributed by atoms with Crippen LogP contribution in [0.1, 0.15) is 11.3 Å². The Morgan fingerprint density at radius 1 is 1.28 bits per heavy atom. The van der Waals surface area contributed by atoms with Crippen molar-refractivity contribution in [3.05, 3.63) is 58.3 Å². The number of benzene rings is 1. The molecule has 0 unspecified atom stereocenters. The molecular weight excluding hydrogens is 294 g/mol. The van der Waals surface area contributed by atoms with Gasteiger partial charge in [-0.1, -0.05) is 28.1 Å². The molecule has 1 aromatic carbocycles. The smallest absolute Gasteiger partial charge is 0.149 e. The fraction of sp³-hybridized carbons (Fsp3) is 0.0769. The quantitative estimate of drug-likeness (QED) is 0.674.